The fraction of sp³-hybridized carbons (Fsp3) is 0.571. The first-order chi connectivity index (χ1) is 8.25. The summed E-state index contributed by atoms with van der Waals surface area (Å²) in [7, 11) is 2.25. The van der Waals surface area contributed by atoms with Gasteiger partial charge in [0.2, 0.25) is 0 Å². The molecule has 2 nitrogen and oxygen atoms in total. The van der Waals surface area contributed by atoms with Crippen LogP contribution in [0.4, 0.5) is 0 Å². The van der Waals surface area contributed by atoms with E-state index >= 15 is 0 Å². The maximum absolute atomic E-state index is 3.48. The van der Waals surface area contributed by atoms with Gasteiger partial charge >= 0.3 is 0 Å². The van der Waals surface area contributed by atoms with E-state index < -0.39 is 0 Å². The second-order valence-corrected chi connectivity index (χ2v) is 5.79. The molecule has 1 N–H and O–H groups in total. The molecular formula is C14H21BrN2. The Balaban J connectivity index is 1.90. The van der Waals surface area contributed by atoms with Gasteiger partial charge in [0.25, 0.3) is 0 Å². The van der Waals surface area contributed by atoms with Gasteiger partial charge < -0.3 is 5.32 Å². The lowest BCUT2D eigenvalue weighted by atomic mass is 10.1. The van der Waals surface area contributed by atoms with Crippen molar-refractivity contribution in [1.29, 1.82) is 0 Å². The van der Waals surface area contributed by atoms with Gasteiger partial charge in [0.15, 0.2) is 0 Å². The maximum Gasteiger partial charge on any atom is 0.0233 e. The number of benzene rings is 1. The third kappa shape index (κ3) is 4.09. The van der Waals surface area contributed by atoms with E-state index in [2.05, 4.69) is 57.5 Å². The van der Waals surface area contributed by atoms with Gasteiger partial charge in [-0.05, 0) is 57.1 Å². The molecule has 1 aliphatic rings. The fourth-order valence-corrected chi connectivity index (χ4v) is 2.71. The summed E-state index contributed by atoms with van der Waals surface area (Å²) in [5, 5.41) is 3.47. The molecule has 1 aliphatic heterocycles. The minimum Gasteiger partial charge on any atom is -0.317 e. The maximum atomic E-state index is 3.48. The Bertz CT molecular complexity index is 329. The van der Waals surface area contributed by atoms with Crippen LogP contribution in [-0.4, -0.2) is 31.1 Å². The SMILES string of the molecule is CN(Cc1ccc(Br)cc1)C1CCCNCC1. The first-order valence-corrected chi connectivity index (χ1v) is 7.20. The van der Waals surface area contributed by atoms with E-state index in [0.29, 0.717) is 0 Å². The van der Waals surface area contributed by atoms with Crippen LogP contribution in [0.1, 0.15) is 24.8 Å². The van der Waals surface area contributed by atoms with Crippen molar-refractivity contribution in [3.8, 4) is 0 Å². The quantitative estimate of drug-likeness (QED) is 0.922. The first kappa shape index (κ1) is 13.1. The Morgan fingerprint density at radius 1 is 1.24 bits per heavy atom. The van der Waals surface area contributed by atoms with Crippen molar-refractivity contribution in [2.24, 2.45) is 0 Å². The molecule has 1 unspecified atom stereocenters. The van der Waals surface area contributed by atoms with E-state index in [1.165, 1.54) is 31.4 Å². The number of hydrogen-bond acceptors (Lipinski definition) is 2. The average Bonchev–Trinajstić information content (AvgIpc) is 2.61. The molecule has 0 aromatic heterocycles. The molecule has 1 aromatic rings. The van der Waals surface area contributed by atoms with Gasteiger partial charge in [-0.1, -0.05) is 28.1 Å². The van der Waals surface area contributed by atoms with E-state index in [1.54, 1.807) is 0 Å². The Labute approximate surface area is 113 Å². The van der Waals surface area contributed by atoms with E-state index in [9.17, 15) is 0 Å². The first-order valence-electron chi connectivity index (χ1n) is 6.41. The van der Waals surface area contributed by atoms with Crippen LogP contribution in [0.15, 0.2) is 28.7 Å². The van der Waals surface area contributed by atoms with Crippen LogP contribution in [0.25, 0.3) is 0 Å². The van der Waals surface area contributed by atoms with Crippen molar-refractivity contribution in [3.05, 3.63) is 34.3 Å². The van der Waals surface area contributed by atoms with E-state index in [4.69, 9.17) is 0 Å². The predicted octanol–water partition coefficient (Wildman–Crippen LogP) is 3.02. The van der Waals surface area contributed by atoms with Crippen molar-refractivity contribution >= 4 is 15.9 Å². The van der Waals surface area contributed by atoms with Gasteiger partial charge in [-0.25, -0.2) is 0 Å². The average molecular weight is 297 g/mol. The molecule has 1 atom stereocenters. The number of halogens is 1. The number of rotatable bonds is 3. The van der Waals surface area contributed by atoms with Crippen molar-refractivity contribution in [3.63, 3.8) is 0 Å². The number of hydrogen-bond donors (Lipinski definition) is 1. The van der Waals surface area contributed by atoms with Crippen LogP contribution < -0.4 is 5.32 Å². The Kier molecular flexibility index (Phi) is 5.01. The summed E-state index contributed by atoms with van der Waals surface area (Å²) in [6, 6.07) is 9.38. The van der Waals surface area contributed by atoms with Gasteiger partial charge in [-0.15, -0.1) is 0 Å². The predicted molar refractivity (Wildman–Crippen MR) is 76.1 cm³/mol. The number of nitrogens with zero attached hydrogens (tertiary/aromatic N) is 1. The minimum atomic E-state index is 0.730. The van der Waals surface area contributed by atoms with Crippen LogP contribution in [0.5, 0.6) is 0 Å². The molecule has 0 spiro atoms. The highest BCUT2D eigenvalue weighted by molar-refractivity contribution is 9.10. The van der Waals surface area contributed by atoms with Gasteiger partial charge in [-0.3, -0.25) is 4.90 Å². The van der Waals surface area contributed by atoms with Gasteiger partial charge in [-0.2, -0.15) is 0 Å². The Morgan fingerprint density at radius 3 is 2.76 bits per heavy atom. The Hall–Kier alpha value is -0.380. The smallest absolute Gasteiger partial charge is 0.0233 e. The molecule has 0 saturated carbocycles. The van der Waals surface area contributed by atoms with Crippen molar-refractivity contribution < 1.29 is 0 Å². The summed E-state index contributed by atoms with van der Waals surface area (Å²) < 4.78 is 1.16. The lowest BCUT2D eigenvalue weighted by molar-refractivity contribution is 0.216. The second-order valence-electron chi connectivity index (χ2n) is 4.88. The molecule has 2 rings (SSSR count). The monoisotopic (exact) mass is 296 g/mol. The summed E-state index contributed by atoms with van der Waals surface area (Å²) >= 11 is 3.48. The second kappa shape index (κ2) is 6.53. The standard InChI is InChI=1S/C14H21BrN2/c1-17(14-3-2-9-16-10-8-14)11-12-4-6-13(15)7-5-12/h4-7,14,16H,2-3,8-11H2,1H3. The van der Waals surface area contributed by atoms with E-state index in [-0.39, 0.29) is 0 Å². The van der Waals surface area contributed by atoms with Crippen molar-refractivity contribution in [2.75, 3.05) is 20.1 Å². The molecular weight excluding hydrogens is 276 g/mol. The lowest BCUT2D eigenvalue weighted by Crippen LogP contribution is -2.31. The molecule has 1 aromatic carbocycles. The third-order valence-electron chi connectivity index (χ3n) is 3.51. The zero-order chi connectivity index (χ0) is 12.1. The summed E-state index contributed by atoms with van der Waals surface area (Å²) in [5.74, 6) is 0. The molecule has 0 amide bonds. The normalized spacial score (nSPS) is 21.5. The zero-order valence-corrected chi connectivity index (χ0v) is 12.0. The highest BCUT2D eigenvalue weighted by Gasteiger charge is 2.16. The van der Waals surface area contributed by atoms with Gasteiger partial charge in [0.1, 0.15) is 0 Å². The molecule has 0 bridgehead atoms. The van der Waals surface area contributed by atoms with Crippen LogP contribution >= 0.6 is 15.9 Å². The summed E-state index contributed by atoms with van der Waals surface area (Å²) in [6.07, 6.45) is 3.89. The van der Waals surface area contributed by atoms with Crippen LogP contribution in [0, 0.1) is 0 Å². The van der Waals surface area contributed by atoms with Crippen molar-refractivity contribution in [2.45, 2.75) is 31.8 Å². The van der Waals surface area contributed by atoms with Crippen molar-refractivity contribution in [1.82, 2.24) is 10.2 Å². The molecule has 0 radical (unpaired) electrons. The van der Waals surface area contributed by atoms with Gasteiger partial charge in [0.05, 0.1) is 0 Å². The van der Waals surface area contributed by atoms with E-state index in [1.807, 2.05) is 0 Å². The molecule has 0 aliphatic carbocycles. The molecule has 17 heavy (non-hydrogen) atoms. The van der Waals surface area contributed by atoms with Crippen LogP contribution in [0.3, 0.4) is 0 Å². The van der Waals surface area contributed by atoms with Crippen LogP contribution in [-0.2, 0) is 6.54 Å². The molecule has 3 heteroatoms. The third-order valence-corrected chi connectivity index (χ3v) is 4.04. The van der Waals surface area contributed by atoms with Gasteiger partial charge in [0, 0.05) is 17.1 Å². The molecule has 1 fully saturated rings. The highest BCUT2D eigenvalue weighted by atomic mass is 79.9. The fourth-order valence-electron chi connectivity index (χ4n) is 2.45. The largest absolute Gasteiger partial charge is 0.317 e. The minimum absolute atomic E-state index is 0.730. The topological polar surface area (TPSA) is 15.3 Å². The zero-order valence-electron chi connectivity index (χ0n) is 10.5. The summed E-state index contributed by atoms with van der Waals surface area (Å²) in [4.78, 5) is 2.50. The molecule has 1 saturated heterocycles. The summed E-state index contributed by atoms with van der Waals surface area (Å²) in [5.41, 5.74) is 1.40. The molecule has 94 valence electrons. The van der Waals surface area contributed by atoms with E-state index in [0.717, 1.165) is 23.6 Å². The summed E-state index contributed by atoms with van der Waals surface area (Å²) in [6.45, 7) is 3.40. The highest BCUT2D eigenvalue weighted by Crippen LogP contribution is 2.16. The van der Waals surface area contributed by atoms with Crippen LogP contribution in [0.2, 0.25) is 0 Å². The lowest BCUT2D eigenvalue weighted by Gasteiger charge is -2.26. The molecule has 1 heterocycles. The Morgan fingerprint density at radius 2 is 2.00 bits per heavy atom. The number of nitrogens with one attached hydrogen (secondary N) is 1.